The third kappa shape index (κ3) is 3.43. The van der Waals surface area contributed by atoms with Crippen LogP contribution >= 0.6 is 23.2 Å². The van der Waals surface area contributed by atoms with Crippen molar-refractivity contribution in [3.8, 4) is 0 Å². The fourth-order valence-corrected chi connectivity index (χ4v) is 2.96. The van der Waals surface area contributed by atoms with E-state index in [0.29, 0.717) is 16.5 Å². The average molecular weight is 302 g/mol. The normalized spacial score (nSPS) is 18.8. The standard InChI is InChI=1S/C15H21Cl2NO/c1-15(2,18-7-3-4-8-18)14(19)10-11-5-6-12(16)13(17)9-11/h5-6,9,14,19H,3-4,7-8,10H2,1-2H3. The number of hydrogen-bond donors (Lipinski definition) is 1. The van der Waals surface area contributed by atoms with Gasteiger partial charge >= 0.3 is 0 Å². The molecule has 1 aliphatic heterocycles. The Labute approximate surface area is 125 Å². The highest BCUT2D eigenvalue weighted by atomic mass is 35.5. The lowest BCUT2D eigenvalue weighted by Gasteiger charge is -2.39. The van der Waals surface area contributed by atoms with Crippen LogP contribution in [0.2, 0.25) is 10.0 Å². The summed E-state index contributed by atoms with van der Waals surface area (Å²) in [5, 5.41) is 11.6. The third-order valence-electron chi connectivity index (χ3n) is 4.15. The molecule has 0 bridgehead atoms. The first-order valence-electron chi connectivity index (χ1n) is 6.78. The second-order valence-corrected chi connectivity index (χ2v) is 6.63. The van der Waals surface area contributed by atoms with E-state index in [4.69, 9.17) is 23.2 Å². The number of nitrogens with zero attached hydrogens (tertiary/aromatic N) is 1. The quantitative estimate of drug-likeness (QED) is 0.915. The van der Waals surface area contributed by atoms with Crippen molar-refractivity contribution in [2.45, 2.75) is 44.8 Å². The first-order chi connectivity index (χ1) is 8.91. The van der Waals surface area contributed by atoms with E-state index in [-0.39, 0.29) is 5.54 Å². The second kappa shape index (κ2) is 6.01. The summed E-state index contributed by atoms with van der Waals surface area (Å²) >= 11 is 11.9. The molecule has 1 fully saturated rings. The minimum absolute atomic E-state index is 0.206. The molecule has 1 aromatic rings. The van der Waals surface area contributed by atoms with Gasteiger partial charge in [0.25, 0.3) is 0 Å². The van der Waals surface area contributed by atoms with Gasteiger partial charge in [-0.3, -0.25) is 4.90 Å². The van der Waals surface area contributed by atoms with Gasteiger partial charge in [0.2, 0.25) is 0 Å². The van der Waals surface area contributed by atoms with Crippen LogP contribution in [0.4, 0.5) is 0 Å². The Hall–Kier alpha value is -0.280. The predicted octanol–water partition coefficient (Wildman–Crippen LogP) is 3.77. The molecule has 106 valence electrons. The van der Waals surface area contributed by atoms with Gasteiger partial charge in [0.15, 0.2) is 0 Å². The Bertz CT molecular complexity index is 442. The molecule has 0 radical (unpaired) electrons. The van der Waals surface area contributed by atoms with E-state index in [9.17, 15) is 5.11 Å². The summed E-state index contributed by atoms with van der Waals surface area (Å²) < 4.78 is 0. The van der Waals surface area contributed by atoms with Crippen molar-refractivity contribution in [3.63, 3.8) is 0 Å². The largest absolute Gasteiger partial charge is 0.391 e. The lowest BCUT2D eigenvalue weighted by Crippen LogP contribution is -2.51. The van der Waals surface area contributed by atoms with Gasteiger partial charge in [0.1, 0.15) is 0 Å². The highest BCUT2D eigenvalue weighted by molar-refractivity contribution is 6.42. The van der Waals surface area contributed by atoms with E-state index < -0.39 is 6.10 Å². The summed E-state index contributed by atoms with van der Waals surface area (Å²) in [4.78, 5) is 2.37. The van der Waals surface area contributed by atoms with Crippen molar-refractivity contribution < 1.29 is 5.11 Å². The maximum atomic E-state index is 10.5. The van der Waals surface area contributed by atoms with Crippen LogP contribution in [0, 0.1) is 0 Å². The van der Waals surface area contributed by atoms with Gasteiger partial charge in [-0.25, -0.2) is 0 Å². The molecule has 1 atom stereocenters. The maximum Gasteiger partial charge on any atom is 0.0758 e. The average Bonchev–Trinajstić information content (AvgIpc) is 2.88. The van der Waals surface area contributed by atoms with Crippen LogP contribution in [0.1, 0.15) is 32.3 Å². The molecule has 0 aromatic heterocycles. The number of halogens is 2. The highest BCUT2D eigenvalue weighted by Gasteiger charge is 2.35. The maximum absolute atomic E-state index is 10.5. The highest BCUT2D eigenvalue weighted by Crippen LogP contribution is 2.28. The molecule has 4 heteroatoms. The number of hydrogen-bond acceptors (Lipinski definition) is 2. The van der Waals surface area contributed by atoms with Gasteiger partial charge in [0.05, 0.1) is 16.1 Å². The molecule has 19 heavy (non-hydrogen) atoms. The zero-order valence-electron chi connectivity index (χ0n) is 11.5. The van der Waals surface area contributed by atoms with Crippen molar-refractivity contribution in [2.75, 3.05) is 13.1 Å². The molecule has 1 aliphatic rings. The Morgan fingerprint density at radius 1 is 1.21 bits per heavy atom. The summed E-state index contributed by atoms with van der Waals surface area (Å²) in [5.74, 6) is 0. The predicted molar refractivity (Wildman–Crippen MR) is 81.1 cm³/mol. The molecule has 0 spiro atoms. The van der Waals surface area contributed by atoms with E-state index in [1.54, 1.807) is 6.07 Å². The van der Waals surface area contributed by atoms with E-state index in [2.05, 4.69) is 18.7 Å². The van der Waals surface area contributed by atoms with E-state index in [1.165, 1.54) is 12.8 Å². The van der Waals surface area contributed by atoms with E-state index in [0.717, 1.165) is 18.7 Å². The van der Waals surface area contributed by atoms with Crippen molar-refractivity contribution in [1.82, 2.24) is 4.90 Å². The first kappa shape index (κ1) is 15.1. The van der Waals surface area contributed by atoms with Crippen LogP contribution in [-0.4, -0.2) is 34.7 Å². The van der Waals surface area contributed by atoms with Crippen molar-refractivity contribution in [2.24, 2.45) is 0 Å². The Kier molecular flexibility index (Phi) is 4.78. The van der Waals surface area contributed by atoms with Crippen LogP contribution < -0.4 is 0 Å². The molecule has 2 nitrogen and oxygen atoms in total. The lowest BCUT2D eigenvalue weighted by atomic mass is 9.90. The second-order valence-electron chi connectivity index (χ2n) is 5.82. The summed E-state index contributed by atoms with van der Waals surface area (Å²) in [6.45, 7) is 6.37. The van der Waals surface area contributed by atoms with Gasteiger partial charge in [-0.15, -0.1) is 0 Å². The smallest absolute Gasteiger partial charge is 0.0758 e. The van der Waals surface area contributed by atoms with Crippen molar-refractivity contribution in [3.05, 3.63) is 33.8 Å². The van der Waals surface area contributed by atoms with Gasteiger partial charge in [-0.05, 0) is 57.5 Å². The zero-order chi connectivity index (χ0) is 14.0. The number of rotatable bonds is 4. The van der Waals surface area contributed by atoms with Crippen LogP contribution in [0.15, 0.2) is 18.2 Å². The minimum atomic E-state index is -0.414. The minimum Gasteiger partial charge on any atom is -0.391 e. The fourth-order valence-electron chi connectivity index (χ4n) is 2.64. The van der Waals surface area contributed by atoms with Gasteiger partial charge < -0.3 is 5.11 Å². The van der Waals surface area contributed by atoms with Gasteiger partial charge in [-0.2, -0.15) is 0 Å². The first-order valence-corrected chi connectivity index (χ1v) is 7.54. The van der Waals surface area contributed by atoms with Gasteiger partial charge in [0, 0.05) is 12.0 Å². The van der Waals surface area contributed by atoms with E-state index >= 15 is 0 Å². The van der Waals surface area contributed by atoms with Crippen LogP contribution in [0.25, 0.3) is 0 Å². The Morgan fingerprint density at radius 3 is 2.42 bits per heavy atom. The summed E-state index contributed by atoms with van der Waals surface area (Å²) in [7, 11) is 0. The summed E-state index contributed by atoms with van der Waals surface area (Å²) in [6.07, 6.45) is 2.63. The molecule has 1 heterocycles. The summed E-state index contributed by atoms with van der Waals surface area (Å²) in [6, 6.07) is 5.56. The number of likely N-dealkylation sites (tertiary alicyclic amines) is 1. The van der Waals surface area contributed by atoms with Gasteiger partial charge in [-0.1, -0.05) is 29.3 Å². The molecular formula is C15H21Cl2NO. The van der Waals surface area contributed by atoms with Crippen LogP contribution in [0.5, 0.6) is 0 Å². The Morgan fingerprint density at radius 2 is 1.84 bits per heavy atom. The SMILES string of the molecule is CC(C)(C(O)Cc1ccc(Cl)c(Cl)c1)N1CCCC1. The molecule has 1 N–H and O–H groups in total. The van der Waals surface area contributed by atoms with Crippen LogP contribution in [-0.2, 0) is 6.42 Å². The van der Waals surface area contributed by atoms with Crippen LogP contribution in [0.3, 0.4) is 0 Å². The molecule has 0 amide bonds. The number of aliphatic hydroxyl groups excluding tert-OH is 1. The molecule has 0 saturated carbocycles. The molecule has 2 rings (SSSR count). The van der Waals surface area contributed by atoms with Crippen molar-refractivity contribution >= 4 is 23.2 Å². The molecule has 1 saturated heterocycles. The number of aliphatic hydroxyl groups is 1. The lowest BCUT2D eigenvalue weighted by molar-refractivity contribution is 0.00337. The topological polar surface area (TPSA) is 23.5 Å². The molecule has 0 aliphatic carbocycles. The molecule has 1 unspecified atom stereocenters. The van der Waals surface area contributed by atoms with E-state index in [1.807, 2.05) is 12.1 Å². The summed E-state index contributed by atoms with van der Waals surface area (Å²) in [5.41, 5.74) is 0.817. The zero-order valence-corrected chi connectivity index (χ0v) is 13.0. The Balaban J connectivity index is 2.06. The monoisotopic (exact) mass is 301 g/mol. The fraction of sp³-hybridized carbons (Fsp3) is 0.600. The molecule has 1 aromatic carbocycles. The molecular weight excluding hydrogens is 281 g/mol. The third-order valence-corrected chi connectivity index (χ3v) is 4.89. The van der Waals surface area contributed by atoms with Crippen molar-refractivity contribution in [1.29, 1.82) is 0 Å². The number of benzene rings is 1.